The number of nitrogens with one attached hydrogen (secondary N) is 2. The van der Waals surface area contributed by atoms with Gasteiger partial charge >= 0.3 is 0 Å². The maximum atomic E-state index is 11.7. The third-order valence-electron chi connectivity index (χ3n) is 3.40. The van der Waals surface area contributed by atoms with Gasteiger partial charge in [-0.2, -0.15) is 11.8 Å². The molecule has 0 spiro atoms. The molecular weight excluding hydrogens is 272 g/mol. The van der Waals surface area contributed by atoms with Gasteiger partial charge in [0, 0.05) is 24.1 Å². The first-order valence-electron chi connectivity index (χ1n) is 6.98. The number of hydrogen-bond donors (Lipinski definition) is 2. The van der Waals surface area contributed by atoms with Crippen molar-refractivity contribution in [3.05, 3.63) is 29.8 Å². The highest BCUT2D eigenvalue weighted by Gasteiger charge is 2.29. The molecule has 2 N–H and O–H groups in total. The van der Waals surface area contributed by atoms with Crippen molar-refractivity contribution in [2.75, 3.05) is 20.2 Å². The van der Waals surface area contributed by atoms with Crippen LogP contribution in [0.5, 0.6) is 5.75 Å². The third-order valence-corrected chi connectivity index (χ3v) is 4.73. The number of carbonyl (C=O) groups is 1. The molecule has 1 aromatic carbocycles. The number of carbonyl (C=O) groups excluding carboxylic acids is 1. The Labute approximate surface area is 124 Å². The van der Waals surface area contributed by atoms with Crippen LogP contribution in [0.4, 0.5) is 0 Å². The number of thioether (sulfide) groups is 1. The Morgan fingerprint density at radius 1 is 1.45 bits per heavy atom. The number of likely N-dealkylation sites (N-methyl/N-ethyl adjacent to an activating group) is 1. The Morgan fingerprint density at radius 2 is 2.20 bits per heavy atom. The molecule has 1 saturated heterocycles. The van der Waals surface area contributed by atoms with Crippen molar-refractivity contribution in [3.63, 3.8) is 0 Å². The zero-order valence-corrected chi connectivity index (χ0v) is 12.8. The zero-order chi connectivity index (χ0) is 14.4. The van der Waals surface area contributed by atoms with Crippen molar-refractivity contribution in [1.82, 2.24) is 10.6 Å². The van der Waals surface area contributed by atoms with E-state index in [1.807, 2.05) is 30.8 Å². The van der Waals surface area contributed by atoms with Crippen LogP contribution in [0.3, 0.4) is 0 Å². The number of hydrogen-bond acceptors (Lipinski definition) is 4. The van der Waals surface area contributed by atoms with Crippen LogP contribution in [0.1, 0.15) is 18.9 Å². The molecule has 1 amide bonds. The van der Waals surface area contributed by atoms with Gasteiger partial charge < -0.3 is 15.4 Å². The lowest BCUT2D eigenvalue weighted by Crippen LogP contribution is -2.40. The summed E-state index contributed by atoms with van der Waals surface area (Å²) in [5.74, 6) is 1.98. The number of ether oxygens (including phenoxy) is 1. The molecule has 1 aromatic rings. The molecule has 1 heterocycles. The molecule has 0 aliphatic carbocycles. The Hall–Kier alpha value is -1.20. The van der Waals surface area contributed by atoms with E-state index in [9.17, 15) is 4.79 Å². The Morgan fingerprint density at radius 3 is 2.85 bits per heavy atom. The highest BCUT2D eigenvalue weighted by Crippen LogP contribution is 2.25. The first-order chi connectivity index (χ1) is 9.72. The fourth-order valence-electron chi connectivity index (χ4n) is 2.26. The summed E-state index contributed by atoms with van der Waals surface area (Å²) in [6.07, 6.45) is 0.909. The van der Waals surface area contributed by atoms with Crippen molar-refractivity contribution in [3.8, 4) is 5.75 Å². The Balaban J connectivity index is 1.76. The summed E-state index contributed by atoms with van der Waals surface area (Å²) < 4.78 is 5.15. The SMILES string of the molecule is CCNC(=O)[C@@H]1C[C@H](SCc2ccc(OC)cc2)CN1. The molecule has 0 saturated carbocycles. The van der Waals surface area contributed by atoms with Crippen molar-refractivity contribution < 1.29 is 9.53 Å². The van der Waals surface area contributed by atoms with Crippen molar-refractivity contribution >= 4 is 17.7 Å². The normalized spacial score (nSPS) is 21.7. The van der Waals surface area contributed by atoms with Crippen LogP contribution >= 0.6 is 11.8 Å². The van der Waals surface area contributed by atoms with Gasteiger partial charge in [-0.3, -0.25) is 4.79 Å². The second-order valence-corrected chi connectivity index (χ2v) is 6.16. The zero-order valence-electron chi connectivity index (χ0n) is 12.0. The summed E-state index contributed by atoms with van der Waals surface area (Å²) in [6, 6.07) is 8.13. The van der Waals surface area contributed by atoms with E-state index in [2.05, 4.69) is 22.8 Å². The van der Waals surface area contributed by atoms with Gasteiger partial charge in [0.15, 0.2) is 0 Å². The standard InChI is InChI=1S/C15H22N2O2S/c1-3-16-15(18)14-8-13(9-17-14)20-10-11-4-6-12(19-2)7-5-11/h4-7,13-14,17H,3,8-10H2,1-2H3,(H,16,18)/t13-,14-/m0/s1. The fourth-order valence-corrected chi connectivity index (χ4v) is 3.43. The Kier molecular flexibility index (Phi) is 5.73. The summed E-state index contributed by atoms with van der Waals surface area (Å²) in [7, 11) is 1.68. The molecule has 1 aliphatic rings. The van der Waals surface area contributed by atoms with Crippen LogP contribution in [0.15, 0.2) is 24.3 Å². The summed E-state index contributed by atoms with van der Waals surface area (Å²) in [5.41, 5.74) is 1.29. The van der Waals surface area contributed by atoms with Crippen LogP contribution in [-0.2, 0) is 10.5 Å². The summed E-state index contributed by atoms with van der Waals surface area (Å²) in [5, 5.41) is 6.67. The van der Waals surface area contributed by atoms with E-state index in [-0.39, 0.29) is 11.9 Å². The Bertz CT molecular complexity index is 436. The van der Waals surface area contributed by atoms with E-state index in [1.54, 1.807) is 7.11 Å². The average molecular weight is 294 g/mol. The van der Waals surface area contributed by atoms with Gasteiger partial charge in [0.1, 0.15) is 5.75 Å². The summed E-state index contributed by atoms with van der Waals surface area (Å²) >= 11 is 1.91. The molecule has 110 valence electrons. The van der Waals surface area contributed by atoms with Gasteiger partial charge in [0.05, 0.1) is 13.2 Å². The van der Waals surface area contributed by atoms with Crippen LogP contribution in [0.2, 0.25) is 0 Å². The minimum Gasteiger partial charge on any atom is -0.497 e. The van der Waals surface area contributed by atoms with E-state index in [0.29, 0.717) is 11.8 Å². The predicted octanol–water partition coefficient (Wildman–Crippen LogP) is 1.79. The van der Waals surface area contributed by atoms with Crippen molar-refractivity contribution in [2.24, 2.45) is 0 Å². The van der Waals surface area contributed by atoms with Gasteiger partial charge in [-0.05, 0) is 31.0 Å². The summed E-state index contributed by atoms with van der Waals surface area (Å²) in [6.45, 7) is 3.55. The molecule has 1 fully saturated rings. The lowest BCUT2D eigenvalue weighted by atomic mass is 10.2. The van der Waals surface area contributed by atoms with Crippen LogP contribution in [0, 0.1) is 0 Å². The largest absolute Gasteiger partial charge is 0.497 e. The molecule has 20 heavy (non-hydrogen) atoms. The highest BCUT2D eigenvalue weighted by atomic mass is 32.2. The fraction of sp³-hybridized carbons (Fsp3) is 0.533. The second kappa shape index (κ2) is 7.55. The molecule has 0 bridgehead atoms. The molecule has 0 aromatic heterocycles. The number of benzene rings is 1. The monoisotopic (exact) mass is 294 g/mol. The van der Waals surface area contributed by atoms with Gasteiger partial charge in [0.25, 0.3) is 0 Å². The topological polar surface area (TPSA) is 50.4 Å². The molecule has 5 heteroatoms. The minimum atomic E-state index is -0.0247. The average Bonchev–Trinajstić information content (AvgIpc) is 2.95. The highest BCUT2D eigenvalue weighted by molar-refractivity contribution is 7.99. The van der Waals surface area contributed by atoms with Crippen LogP contribution in [-0.4, -0.2) is 37.4 Å². The lowest BCUT2D eigenvalue weighted by molar-refractivity contribution is -0.122. The van der Waals surface area contributed by atoms with Gasteiger partial charge in [0.2, 0.25) is 5.91 Å². The second-order valence-electron chi connectivity index (χ2n) is 4.87. The maximum absolute atomic E-state index is 11.7. The molecule has 0 unspecified atom stereocenters. The quantitative estimate of drug-likeness (QED) is 0.840. The van der Waals surface area contributed by atoms with Gasteiger partial charge in [-0.25, -0.2) is 0 Å². The lowest BCUT2D eigenvalue weighted by Gasteiger charge is -2.10. The summed E-state index contributed by atoms with van der Waals surface area (Å²) in [4.78, 5) is 11.7. The maximum Gasteiger partial charge on any atom is 0.237 e. The third kappa shape index (κ3) is 4.15. The van der Waals surface area contributed by atoms with Gasteiger partial charge in [-0.1, -0.05) is 12.1 Å². The van der Waals surface area contributed by atoms with Gasteiger partial charge in [-0.15, -0.1) is 0 Å². The number of methoxy groups -OCH3 is 1. The minimum absolute atomic E-state index is 0.0247. The smallest absolute Gasteiger partial charge is 0.237 e. The first-order valence-corrected chi connectivity index (χ1v) is 8.03. The van der Waals surface area contributed by atoms with Crippen LogP contribution < -0.4 is 15.4 Å². The molecule has 4 nitrogen and oxygen atoms in total. The van der Waals surface area contributed by atoms with Crippen LogP contribution in [0.25, 0.3) is 0 Å². The van der Waals surface area contributed by atoms with E-state index in [0.717, 1.165) is 24.5 Å². The molecule has 0 radical (unpaired) electrons. The molecule has 1 aliphatic heterocycles. The van der Waals surface area contributed by atoms with E-state index >= 15 is 0 Å². The number of rotatable bonds is 6. The van der Waals surface area contributed by atoms with E-state index < -0.39 is 0 Å². The first kappa shape index (κ1) is 15.2. The van der Waals surface area contributed by atoms with E-state index in [4.69, 9.17) is 4.74 Å². The number of amides is 1. The molecule has 2 rings (SSSR count). The van der Waals surface area contributed by atoms with Crippen molar-refractivity contribution in [1.29, 1.82) is 0 Å². The predicted molar refractivity (Wildman–Crippen MR) is 83.2 cm³/mol. The van der Waals surface area contributed by atoms with E-state index in [1.165, 1.54) is 5.56 Å². The molecular formula is C15H22N2O2S. The molecule has 2 atom stereocenters. The van der Waals surface area contributed by atoms with Crippen molar-refractivity contribution in [2.45, 2.75) is 30.4 Å².